The summed E-state index contributed by atoms with van der Waals surface area (Å²) in [5.74, 6) is 6.58. The SMILES string of the molecule is C=C(C)c1ccccc1CNC.C=CC=C.NCC#CC1CC1. The molecule has 3 N–H and O–H groups in total. The Morgan fingerprint density at radius 1 is 1.30 bits per heavy atom. The number of nitrogens with two attached hydrogens (primary N) is 1. The third-order valence-electron chi connectivity index (χ3n) is 3.00. The van der Waals surface area contributed by atoms with Crippen molar-refractivity contribution >= 4 is 5.57 Å². The van der Waals surface area contributed by atoms with Crippen LogP contribution < -0.4 is 11.1 Å². The van der Waals surface area contributed by atoms with Gasteiger partial charge in [-0.25, -0.2) is 0 Å². The summed E-state index contributed by atoms with van der Waals surface area (Å²) < 4.78 is 0. The molecule has 0 saturated heterocycles. The van der Waals surface area contributed by atoms with Crippen molar-refractivity contribution < 1.29 is 0 Å². The molecule has 124 valence electrons. The van der Waals surface area contributed by atoms with Gasteiger partial charge in [0.15, 0.2) is 0 Å². The van der Waals surface area contributed by atoms with Gasteiger partial charge < -0.3 is 11.1 Å². The average molecular weight is 310 g/mol. The van der Waals surface area contributed by atoms with Gasteiger partial charge in [0.05, 0.1) is 6.54 Å². The normalized spacial score (nSPS) is 11.4. The molecule has 1 aliphatic rings. The van der Waals surface area contributed by atoms with Crippen LogP contribution in [0.15, 0.2) is 56.2 Å². The van der Waals surface area contributed by atoms with Gasteiger partial charge in [-0.3, -0.25) is 0 Å². The van der Waals surface area contributed by atoms with Crippen LogP contribution in [-0.2, 0) is 6.54 Å². The Kier molecular flexibility index (Phi) is 12.3. The topological polar surface area (TPSA) is 38.0 Å². The van der Waals surface area contributed by atoms with Crippen LogP contribution in [0, 0.1) is 17.8 Å². The fraction of sp³-hybridized carbons (Fsp3) is 0.333. The molecule has 2 nitrogen and oxygen atoms in total. The molecule has 0 spiro atoms. The fourth-order valence-electron chi connectivity index (χ4n) is 1.71. The molecule has 0 aliphatic heterocycles. The Hall–Kier alpha value is -2.08. The standard InChI is InChI=1S/C11H15N.C6H9N.C4H6/c1-9(2)11-7-5-4-6-10(11)8-12-3;7-5-1-2-6-3-4-6;1-3-4-2/h4-7,12H,1,8H2,2-3H3;6H,3-5,7H2;3-4H,1-2H2. The molecule has 1 fully saturated rings. The molecular formula is C21H30N2. The summed E-state index contributed by atoms with van der Waals surface area (Å²) in [6.45, 7) is 14.1. The number of rotatable bonds is 4. The minimum Gasteiger partial charge on any atom is -0.320 e. The Morgan fingerprint density at radius 2 is 1.91 bits per heavy atom. The molecule has 2 rings (SSSR count). The lowest BCUT2D eigenvalue weighted by Gasteiger charge is -2.07. The molecule has 0 heterocycles. The largest absolute Gasteiger partial charge is 0.320 e. The predicted molar refractivity (Wildman–Crippen MR) is 104 cm³/mol. The molecule has 1 aromatic carbocycles. The van der Waals surface area contributed by atoms with Crippen LogP contribution in [-0.4, -0.2) is 13.6 Å². The zero-order chi connectivity index (χ0) is 17.5. The summed E-state index contributed by atoms with van der Waals surface area (Å²) >= 11 is 0. The quantitative estimate of drug-likeness (QED) is 0.647. The van der Waals surface area contributed by atoms with Gasteiger partial charge in [-0.1, -0.05) is 73.6 Å². The molecule has 1 aliphatic carbocycles. The Balaban J connectivity index is 0.000000371. The van der Waals surface area contributed by atoms with Gasteiger partial charge >= 0.3 is 0 Å². The van der Waals surface area contributed by atoms with Crippen molar-refractivity contribution in [3.05, 3.63) is 67.3 Å². The van der Waals surface area contributed by atoms with Crippen LogP contribution in [0.2, 0.25) is 0 Å². The summed E-state index contributed by atoms with van der Waals surface area (Å²) in [5.41, 5.74) is 8.83. The Bertz CT molecular complexity index is 536. The maximum absolute atomic E-state index is 5.13. The van der Waals surface area contributed by atoms with Gasteiger partial charge in [0.25, 0.3) is 0 Å². The molecule has 0 radical (unpaired) electrons. The highest BCUT2D eigenvalue weighted by Crippen LogP contribution is 2.27. The summed E-state index contributed by atoms with van der Waals surface area (Å²) in [4.78, 5) is 0. The molecule has 0 bridgehead atoms. The smallest absolute Gasteiger partial charge is 0.0551 e. The molecule has 0 aromatic heterocycles. The van der Waals surface area contributed by atoms with E-state index < -0.39 is 0 Å². The second-order valence-corrected chi connectivity index (χ2v) is 5.24. The van der Waals surface area contributed by atoms with Crippen LogP contribution in [0.4, 0.5) is 0 Å². The van der Waals surface area contributed by atoms with Crippen molar-refractivity contribution in [2.75, 3.05) is 13.6 Å². The molecule has 1 aromatic rings. The minimum atomic E-state index is 0.524. The van der Waals surface area contributed by atoms with Gasteiger partial charge in [0, 0.05) is 12.5 Å². The zero-order valence-electron chi connectivity index (χ0n) is 14.6. The predicted octanol–water partition coefficient (Wildman–Crippen LogP) is 4.16. The number of hydrogen-bond donors (Lipinski definition) is 2. The summed E-state index contributed by atoms with van der Waals surface area (Å²) in [7, 11) is 1.95. The van der Waals surface area contributed by atoms with E-state index in [1.807, 2.05) is 20.0 Å². The molecule has 0 atom stereocenters. The molecule has 1 saturated carbocycles. The van der Waals surface area contributed by atoms with Crippen molar-refractivity contribution in [2.24, 2.45) is 11.7 Å². The first-order chi connectivity index (χ1) is 11.1. The van der Waals surface area contributed by atoms with Crippen molar-refractivity contribution in [3.8, 4) is 11.8 Å². The summed E-state index contributed by atoms with van der Waals surface area (Å²) in [6, 6.07) is 8.33. The highest BCUT2D eigenvalue weighted by molar-refractivity contribution is 5.64. The van der Waals surface area contributed by atoms with E-state index >= 15 is 0 Å². The van der Waals surface area contributed by atoms with Gasteiger partial charge in [-0.2, -0.15) is 0 Å². The average Bonchev–Trinajstić information content (AvgIpc) is 3.39. The second-order valence-electron chi connectivity index (χ2n) is 5.24. The monoisotopic (exact) mass is 310 g/mol. The molecule has 23 heavy (non-hydrogen) atoms. The van der Waals surface area contributed by atoms with Crippen molar-refractivity contribution in [1.29, 1.82) is 0 Å². The van der Waals surface area contributed by atoms with E-state index in [2.05, 4.69) is 55.1 Å². The van der Waals surface area contributed by atoms with Crippen LogP contribution in [0.5, 0.6) is 0 Å². The number of benzene rings is 1. The van der Waals surface area contributed by atoms with E-state index in [1.165, 1.54) is 24.0 Å². The first-order valence-electron chi connectivity index (χ1n) is 7.90. The van der Waals surface area contributed by atoms with Crippen LogP contribution in [0.3, 0.4) is 0 Å². The van der Waals surface area contributed by atoms with Gasteiger partial charge in [0.1, 0.15) is 0 Å². The summed E-state index contributed by atoms with van der Waals surface area (Å²) in [5, 5.41) is 3.14. The lowest BCUT2D eigenvalue weighted by Crippen LogP contribution is -2.06. The molecule has 2 heteroatoms. The van der Waals surface area contributed by atoms with Crippen LogP contribution >= 0.6 is 0 Å². The minimum absolute atomic E-state index is 0.524. The maximum Gasteiger partial charge on any atom is 0.0551 e. The fourth-order valence-corrected chi connectivity index (χ4v) is 1.71. The van der Waals surface area contributed by atoms with Crippen molar-refractivity contribution in [3.63, 3.8) is 0 Å². The van der Waals surface area contributed by atoms with Crippen LogP contribution in [0.1, 0.15) is 30.9 Å². The molecule has 0 amide bonds. The van der Waals surface area contributed by atoms with Gasteiger partial charge in [-0.05, 0) is 37.9 Å². The van der Waals surface area contributed by atoms with Gasteiger partial charge in [0.2, 0.25) is 0 Å². The highest BCUT2D eigenvalue weighted by atomic mass is 14.8. The van der Waals surface area contributed by atoms with Gasteiger partial charge in [-0.15, -0.1) is 0 Å². The first-order valence-corrected chi connectivity index (χ1v) is 7.90. The molecule has 0 unspecified atom stereocenters. The lowest BCUT2D eigenvalue weighted by molar-refractivity contribution is 0.815. The van der Waals surface area contributed by atoms with Crippen molar-refractivity contribution in [1.82, 2.24) is 5.32 Å². The van der Waals surface area contributed by atoms with E-state index in [4.69, 9.17) is 5.73 Å². The third-order valence-corrected chi connectivity index (χ3v) is 3.00. The molecular weight excluding hydrogens is 280 g/mol. The number of nitrogens with one attached hydrogen (secondary N) is 1. The third kappa shape index (κ3) is 11.2. The van der Waals surface area contributed by atoms with E-state index in [0.717, 1.165) is 12.1 Å². The van der Waals surface area contributed by atoms with E-state index in [-0.39, 0.29) is 0 Å². The van der Waals surface area contributed by atoms with E-state index in [9.17, 15) is 0 Å². The summed E-state index contributed by atoms with van der Waals surface area (Å²) in [6.07, 6.45) is 5.88. The number of hydrogen-bond acceptors (Lipinski definition) is 2. The second kappa shape index (κ2) is 13.6. The highest BCUT2D eigenvalue weighted by Gasteiger charge is 2.17. The lowest BCUT2D eigenvalue weighted by atomic mass is 10.0. The Morgan fingerprint density at radius 3 is 2.35 bits per heavy atom. The van der Waals surface area contributed by atoms with E-state index in [1.54, 1.807) is 12.2 Å². The number of allylic oxidation sites excluding steroid dienone is 3. The zero-order valence-corrected chi connectivity index (χ0v) is 14.6. The first kappa shape index (κ1) is 20.9. The Labute approximate surface area is 142 Å². The van der Waals surface area contributed by atoms with Crippen LogP contribution in [0.25, 0.3) is 5.57 Å². The van der Waals surface area contributed by atoms with Crippen molar-refractivity contribution in [2.45, 2.75) is 26.3 Å². The van der Waals surface area contributed by atoms with E-state index in [0.29, 0.717) is 12.5 Å². The maximum atomic E-state index is 5.13.